The molecule has 1 aromatic heterocycles. The van der Waals surface area contributed by atoms with Gasteiger partial charge in [-0.25, -0.2) is 0 Å². The second-order valence-corrected chi connectivity index (χ2v) is 3.70. The zero-order valence-electron chi connectivity index (χ0n) is 8.50. The van der Waals surface area contributed by atoms with Gasteiger partial charge in [-0.3, -0.25) is 4.79 Å². The van der Waals surface area contributed by atoms with E-state index in [2.05, 4.69) is 0 Å². The third-order valence-electron chi connectivity index (χ3n) is 2.72. The summed E-state index contributed by atoms with van der Waals surface area (Å²) in [5, 5.41) is 0. The minimum Gasteiger partial charge on any atom is -0.469 e. The molecule has 1 atom stereocenters. The van der Waals surface area contributed by atoms with Crippen LogP contribution in [-0.4, -0.2) is 13.1 Å². The fraction of sp³-hybridized carbons (Fsp3) is 0.545. The standard InChI is InChI=1S/C11H14O3/c1-7-6-9-8(11(12)13-2)4-3-5-10(9)14-7/h6,8H,3-5H2,1-2H3. The Morgan fingerprint density at radius 1 is 1.64 bits per heavy atom. The van der Waals surface area contributed by atoms with Crippen molar-refractivity contribution in [2.75, 3.05) is 7.11 Å². The molecule has 1 aliphatic carbocycles. The Balaban J connectivity index is 2.34. The van der Waals surface area contributed by atoms with Gasteiger partial charge in [0, 0.05) is 12.0 Å². The maximum atomic E-state index is 11.5. The number of fused-ring (bicyclic) bond motifs is 1. The summed E-state index contributed by atoms with van der Waals surface area (Å²) in [6.07, 6.45) is 2.81. The van der Waals surface area contributed by atoms with Gasteiger partial charge in [-0.15, -0.1) is 0 Å². The van der Waals surface area contributed by atoms with Gasteiger partial charge in [0.2, 0.25) is 0 Å². The maximum absolute atomic E-state index is 11.5. The van der Waals surface area contributed by atoms with Crippen molar-refractivity contribution in [2.24, 2.45) is 0 Å². The first kappa shape index (κ1) is 9.31. The zero-order valence-corrected chi connectivity index (χ0v) is 8.50. The Bertz CT molecular complexity index is 351. The van der Waals surface area contributed by atoms with E-state index in [1.165, 1.54) is 7.11 Å². The third kappa shape index (κ3) is 1.43. The second-order valence-electron chi connectivity index (χ2n) is 3.70. The first-order chi connectivity index (χ1) is 6.72. The van der Waals surface area contributed by atoms with Crippen molar-refractivity contribution in [2.45, 2.75) is 32.1 Å². The molecule has 0 radical (unpaired) electrons. The molecule has 0 aromatic carbocycles. The molecule has 3 heteroatoms. The Labute approximate surface area is 83.0 Å². The lowest BCUT2D eigenvalue weighted by Gasteiger charge is -2.18. The number of carbonyl (C=O) groups is 1. The highest BCUT2D eigenvalue weighted by molar-refractivity contribution is 5.78. The molecule has 0 amide bonds. The summed E-state index contributed by atoms with van der Waals surface area (Å²) in [6, 6.07) is 1.95. The van der Waals surface area contributed by atoms with Crippen molar-refractivity contribution in [3.63, 3.8) is 0 Å². The number of aryl methyl sites for hydroxylation is 2. The van der Waals surface area contributed by atoms with Crippen molar-refractivity contribution in [1.82, 2.24) is 0 Å². The van der Waals surface area contributed by atoms with E-state index in [4.69, 9.17) is 9.15 Å². The normalized spacial score (nSPS) is 20.3. The molecule has 1 aromatic rings. The van der Waals surface area contributed by atoms with E-state index in [9.17, 15) is 4.79 Å². The van der Waals surface area contributed by atoms with Crippen molar-refractivity contribution in [1.29, 1.82) is 0 Å². The molecule has 1 unspecified atom stereocenters. The summed E-state index contributed by atoms with van der Waals surface area (Å²) >= 11 is 0. The van der Waals surface area contributed by atoms with E-state index < -0.39 is 0 Å². The molecule has 0 saturated carbocycles. The summed E-state index contributed by atoms with van der Waals surface area (Å²) in [7, 11) is 1.43. The van der Waals surface area contributed by atoms with Crippen LogP contribution in [0.1, 0.15) is 35.8 Å². The van der Waals surface area contributed by atoms with E-state index in [0.29, 0.717) is 0 Å². The van der Waals surface area contributed by atoms with E-state index in [-0.39, 0.29) is 11.9 Å². The van der Waals surface area contributed by atoms with E-state index in [1.54, 1.807) is 0 Å². The molecule has 0 bridgehead atoms. The van der Waals surface area contributed by atoms with Crippen LogP contribution in [0, 0.1) is 6.92 Å². The topological polar surface area (TPSA) is 39.4 Å². The minimum absolute atomic E-state index is 0.110. The van der Waals surface area contributed by atoms with Crippen LogP contribution in [0.15, 0.2) is 10.5 Å². The highest BCUT2D eigenvalue weighted by atomic mass is 16.5. The highest BCUT2D eigenvalue weighted by Crippen LogP contribution is 2.34. The van der Waals surface area contributed by atoms with Gasteiger partial charge < -0.3 is 9.15 Å². The highest BCUT2D eigenvalue weighted by Gasteiger charge is 2.29. The molecular formula is C11H14O3. The molecule has 14 heavy (non-hydrogen) atoms. The summed E-state index contributed by atoms with van der Waals surface area (Å²) in [4.78, 5) is 11.5. The van der Waals surface area contributed by atoms with Crippen LogP contribution in [0.5, 0.6) is 0 Å². The fourth-order valence-electron chi connectivity index (χ4n) is 2.08. The molecule has 0 fully saturated rings. The van der Waals surface area contributed by atoms with Gasteiger partial charge in [-0.2, -0.15) is 0 Å². The fourth-order valence-corrected chi connectivity index (χ4v) is 2.08. The Hall–Kier alpha value is -1.25. The van der Waals surface area contributed by atoms with Gasteiger partial charge in [-0.1, -0.05) is 0 Å². The Morgan fingerprint density at radius 3 is 3.14 bits per heavy atom. The smallest absolute Gasteiger partial charge is 0.313 e. The predicted molar refractivity (Wildman–Crippen MR) is 51.1 cm³/mol. The molecule has 0 N–H and O–H groups in total. The van der Waals surface area contributed by atoms with Crippen molar-refractivity contribution in [3.8, 4) is 0 Å². The molecule has 2 rings (SSSR count). The SMILES string of the molecule is COC(=O)C1CCCc2oc(C)cc21. The molecule has 0 spiro atoms. The lowest BCUT2D eigenvalue weighted by Crippen LogP contribution is -2.18. The number of hydrogen-bond donors (Lipinski definition) is 0. The van der Waals surface area contributed by atoms with E-state index in [0.717, 1.165) is 36.3 Å². The van der Waals surface area contributed by atoms with Gasteiger partial charge in [-0.05, 0) is 25.8 Å². The average molecular weight is 194 g/mol. The Morgan fingerprint density at radius 2 is 2.43 bits per heavy atom. The van der Waals surface area contributed by atoms with Crippen molar-refractivity contribution < 1.29 is 13.9 Å². The second kappa shape index (κ2) is 3.48. The van der Waals surface area contributed by atoms with Crippen molar-refractivity contribution >= 4 is 5.97 Å². The number of methoxy groups -OCH3 is 1. The van der Waals surface area contributed by atoms with Gasteiger partial charge in [0.05, 0.1) is 13.0 Å². The number of hydrogen-bond acceptors (Lipinski definition) is 3. The van der Waals surface area contributed by atoms with Crippen LogP contribution in [0.4, 0.5) is 0 Å². The van der Waals surface area contributed by atoms with Gasteiger partial charge in [0.1, 0.15) is 11.5 Å². The summed E-state index contributed by atoms with van der Waals surface area (Å²) in [5.41, 5.74) is 1.03. The zero-order chi connectivity index (χ0) is 10.1. The van der Waals surface area contributed by atoms with Crippen LogP contribution in [0.25, 0.3) is 0 Å². The largest absolute Gasteiger partial charge is 0.469 e. The summed E-state index contributed by atoms with van der Waals surface area (Å²) in [6.45, 7) is 1.91. The lowest BCUT2D eigenvalue weighted by atomic mass is 9.87. The summed E-state index contributed by atoms with van der Waals surface area (Å²) in [5.74, 6) is 1.59. The molecule has 76 valence electrons. The molecule has 0 saturated heterocycles. The maximum Gasteiger partial charge on any atom is 0.313 e. The molecule has 1 heterocycles. The van der Waals surface area contributed by atoms with Crippen LogP contribution >= 0.6 is 0 Å². The number of furan rings is 1. The van der Waals surface area contributed by atoms with Crippen LogP contribution in [0.2, 0.25) is 0 Å². The lowest BCUT2D eigenvalue weighted by molar-refractivity contribution is -0.142. The van der Waals surface area contributed by atoms with Crippen LogP contribution in [-0.2, 0) is 16.0 Å². The molecule has 0 aliphatic heterocycles. The Kier molecular flexibility index (Phi) is 2.32. The average Bonchev–Trinajstić information content (AvgIpc) is 2.56. The molecular weight excluding hydrogens is 180 g/mol. The number of ether oxygens (including phenoxy) is 1. The number of rotatable bonds is 1. The predicted octanol–water partition coefficient (Wildman–Crippen LogP) is 2.18. The monoisotopic (exact) mass is 194 g/mol. The van der Waals surface area contributed by atoms with Crippen LogP contribution < -0.4 is 0 Å². The molecule has 3 nitrogen and oxygen atoms in total. The van der Waals surface area contributed by atoms with Crippen molar-refractivity contribution in [3.05, 3.63) is 23.2 Å². The molecule has 1 aliphatic rings. The first-order valence-corrected chi connectivity index (χ1v) is 4.89. The van der Waals surface area contributed by atoms with E-state index in [1.807, 2.05) is 13.0 Å². The van der Waals surface area contributed by atoms with E-state index >= 15 is 0 Å². The van der Waals surface area contributed by atoms with Gasteiger partial charge in [0.15, 0.2) is 0 Å². The van der Waals surface area contributed by atoms with Crippen LogP contribution in [0.3, 0.4) is 0 Å². The minimum atomic E-state index is -0.147. The number of esters is 1. The summed E-state index contributed by atoms with van der Waals surface area (Å²) < 4.78 is 10.3. The van der Waals surface area contributed by atoms with Gasteiger partial charge >= 0.3 is 5.97 Å². The number of carbonyl (C=O) groups excluding carboxylic acids is 1. The van der Waals surface area contributed by atoms with Gasteiger partial charge in [0.25, 0.3) is 0 Å². The first-order valence-electron chi connectivity index (χ1n) is 4.89. The third-order valence-corrected chi connectivity index (χ3v) is 2.72. The quantitative estimate of drug-likeness (QED) is 0.643.